The second-order valence-corrected chi connectivity index (χ2v) is 9.45. The van der Waals surface area contributed by atoms with E-state index in [1.54, 1.807) is 0 Å². The van der Waals surface area contributed by atoms with Gasteiger partial charge in [-0.15, -0.1) is 0 Å². The molecular weight excluding hydrogens is 294 g/mol. The van der Waals surface area contributed by atoms with Crippen LogP contribution in [-0.4, -0.2) is 36.7 Å². The Kier molecular flexibility index (Phi) is 8.07. The first kappa shape index (κ1) is 20.2. The standard InChI is InChI=1S/C22H43NO/c1-16(2)22-10-9-21(15-24-22)19(6)8-7-18(5)20-11-13-23(14-12-20)17(3)4/h16-22H,7-15H2,1-6H3. The van der Waals surface area contributed by atoms with Crippen molar-refractivity contribution in [3.63, 3.8) is 0 Å². The minimum atomic E-state index is 0.513. The predicted molar refractivity (Wildman–Crippen MR) is 104 cm³/mol. The van der Waals surface area contributed by atoms with Gasteiger partial charge < -0.3 is 9.64 Å². The van der Waals surface area contributed by atoms with Crippen molar-refractivity contribution in [1.29, 1.82) is 0 Å². The lowest BCUT2D eigenvalue weighted by molar-refractivity contribution is -0.0528. The summed E-state index contributed by atoms with van der Waals surface area (Å²) in [6.45, 7) is 17.9. The summed E-state index contributed by atoms with van der Waals surface area (Å²) >= 11 is 0. The van der Waals surface area contributed by atoms with Crippen LogP contribution in [0.5, 0.6) is 0 Å². The van der Waals surface area contributed by atoms with Gasteiger partial charge in [-0.3, -0.25) is 0 Å². The molecule has 4 unspecified atom stereocenters. The first-order chi connectivity index (χ1) is 11.4. The van der Waals surface area contributed by atoms with Crippen LogP contribution in [0.25, 0.3) is 0 Å². The second-order valence-electron chi connectivity index (χ2n) is 9.45. The van der Waals surface area contributed by atoms with Crippen molar-refractivity contribution in [3.05, 3.63) is 0 Å². The van der Waals surface area contributed by atoms with Crippen molar-refractivity contribution in [3.8, 4) is 0 Å². The van der Waals surface area contributed by atoms with Gasteiger partial charge in [0, 0.05) is 6.04 Å². The van der Waals surface area contributed by atoms with E-state index < -0.39 is 0 Å². The summed E-state index contributed by atoms with van der Waals surface area (Å²) in [4.78, 5) is 2.65. The van der Waals surface area contributed by atoms with E-state index in [0.29, 0.717) is 12.0 Å². The Morgan fingerprint density at radius 1 is 0.792 bits per heavy atom. The summed E-state index contributed by atoms with van der Waals surface area (Å²) in [6.07, 6.45) is 8.80. The third-order valence-corrected chi connectivity index (χ3v) is 7.08. The van der Waals surface area contributed by atoms with Gasteiger partial charge in [0.15, 0.2) is 0 Å². The number of rotatable bonds is 7. The van der Waals surface area contributed by atoms with Gasteiger partial charge in [0.2, 0.25) is 0 Å². The van der Waals surface area contributed by atoms with Crippen molar-refractivity contribution in [2.75, 3.05) is 19.7 Å². The molecule has 0 bridgehead atoms. The number of ether oxygens (including phenoxy) is 1. The van der Waals surface area contributed by atoms with Crippen LogP contribution in [0, 0.1) is 29.6 Å². The van der Waals surface area contributed by atoms with Gasteiger partial charge in [-0.25, -0.2) is 0 Å². The summed E-state index contributed by atoms with van der Waals surface area (Å²) in [6, 6.07) is 0.724. The molecule has 0 spiro atoms. The maximum atomic E-state index is 6.12. The Morgan fingerprint density at radius 2 is 1.38 bits per heavy atom. The molecule has 2 nitrogen and oxygen atoms in total. The zero-order valence-electron chi connectivity index (χ0n) is 17.3. The van der Waals surface area contributed by atoms with Crippen LogP contribution in [0.2, 0.25) is 0 Å². The third-order valence-electron chi connectivity index (χ3n) is 7.08. The molecule has 0 radical (unpaired) electrons. The predicted octanol–water partition coefficient (Wildman–Crippen LogP) is 5.61. The Labute approximate surface area is 151 Å². The van der Waals surface area contributed by atoms with E-state index in [2.05, 4.69) is 46.4 Å². The van der Waals surface area contributed by atoms with Gasteiger partial charge in [-0.2, -0.15) is 0 Å². The van der Waals surface area contributed by atoms with Crippen LogP contribution in [0.15, 0.2) is 0 Å². The number of hydrogen-bond donors (Lipinski definition) is 0. The highest BCUT2D eigenvalue weighted by Gasteiger charge is 2.29. The molecule has 2 fully saturated rings. The Bertz CT molecular complexity index is 304. The number of hydrogen-bond acceptors (Lipinski definition) is 2. The maximum Gasteiger partial charge on any atom is 0.0598 e. The number of nitrogens with zero attached hydrogens (tertiary/aromatic N) is 1. The monoisotopic (exact) mass is 337 g/mol. The van der Waals surface area contributed by atoms with Crippen molar-refractivity contribution in [2.45, 2.75) is 92.2 Å². The second kappa shape index (κ2) is 9.57. The van der Waals surface area contributed by atoms with Crippen molar-refractivity contribution >= 4 is 0 Å². The highest BCUT2D eigenvalue weighted by Crippen LogP contribution is 2.34. The summed E-state index contributed by atoms with van der Waals surface area (Å²) in [5.41, 5.74) is 0. The largest absolute Gasteiger partial charge is 0.378 e. The minimum Gasteiger partial charge on any atom is -0.378 e. The lowest BCUT2D eigenvalue weighted by atomic mass is 9.78. The van der Waals surface area contributed by atoms with Crippen LogP contribution in [0.1, 0.15) is 80.1 Å². The number of likely N-dealkylation sites (tertiary alicyclic amines) is 1. The van der Waals surface area contributed by atoms with Crippen molar-refractivity contribution < 1.29 is 4.74 Å². The van der Waals surface area contributed by atoms with Crippen LogP contribution < -0.4 is 0 Å². The molecule has 0 aliphatic carbocycles. The molecule has 2 heteroatoms. The quantitative estimate of drug-likeness (QED) is 0.598. The molecule has 2 heterocycles. The van der Waals surface area contributed by atoms with E-state index in [-0.39, 0.29) is 0 Å². The lowest BCUT2D eigenvalue weighted by Crippen LogP contribution is -2.39. The SMILES string of the molecule is CC(C)C1CCC(C(C)CCC(C)C2CCN(C(C)C)CC2)CO1. The molecule has 24 heavy (non-hydrogen) atoms. The first-order valence-electron chi connectivity index (χ1n) is 10.7. The molecule has 2 saturated heterocycles. The highest BCUT2D eigenvalue weighted by atomic mass is 16.5. The molecule has 2 rings (SSSR count). The fraction of sp³-hybridized carbons (Fsp3) is 1.00. The average molecular weight is 338 g/mol. The van der Waals surface area contributed by atoms with Gasteiger partial charge in [0.05, 0.1) is 12.7 Å². The average Bonchev–Trinajstić information content (AvgIpc) is 2.59. The molecule has 0 saturated carbocycles. The normalized spacial score (nSPS) is 30.0. The zero-order valence-corrected chi connectivity index (χ0v) is 17.3. The minimum absolute atomic E-state index is 0.513. The van der Waals surface area contributed by atoms with Gasteiger partial charge in [-0.05, 0) is 82.2 Å². The molecule has 0 aromatic rings. The van der Waals surface area contributed by atoms with Gasteiger partial charge >= 0.3 is 0 Å². The summed E-state index contributed by atoms with van der Waals surface area (Å²) in [5.74, 6) is 4.17. The van der Waals surface area contributed by atoms with E-state index in [4.69, 9.17) is 4.74 Å². The zero-order chi connectivity index (χ0) is 17.7. The molecule has 0 amide bonds. The van der Waals surface area contributed by atoms with E-state index in [1.165, 1.54) is 51.6 Å². The van der Waals surface area contributed by atoms with Crippen LogP contribution in [0.4, 0.5) is 0 Å². The van der Waals surface area contributed by atoms with Crippen molar-refractivity contribution in [2.24, 2.45) is 29.6 Å². The maximum absolute atomic E-state index is 6.12. The van der Waals surface area contributed by atoms with E-state index in [0.717, 1.165) is 36.3 Å². The molecule has 142 valence electrons. The molecule has 0 aromatic heterocycles. The fourth-order valence-corrected chi connectivity index (χ4v) is 4.77. The Hall–Kier alpha value is -0.0800. The summed E-state index contributed by atoms with van der Waals surface area (Å²) in [7, 11) is 0. The fourth-order valence-electron chi connectivity index (χ4n) is 4.77. The molecule has 0 aromatic carbocycles. The highest BCUT2D eigenvalue weighted by molar-refractivity contribution is 4.80. The molecular formula is C22H43NO. The molecule has 2 aliphatic heterocycles. The summed E-state index contributed by atoms with van der Waals surface area (Å²) < 4.78 is 6.12. The molecule has 2 aliphatic rings. The van der Waals surface area contributed by atoms with Gasteiger partial charge in [0.25, 0.3) is 0 Å². The lowest BCUT2D eigenvalue weighted by Gasteiger charge is -2.38. The van der Waals surface area contributed by atoms with Gasteiger partial charge in [-0.1, -0.05) is 40.5 Å². The Morgan fingerprint density at radius 3 is 1.83 bits per heavy atom. The smallest absolute Gasteiger partial charge is 0.0598 e. The molecule has 0 N–H and O–H groups in total. The third kappa shape index (κ3) is 5.73. The van der Waals surface area contributed by atoms with Gasteiger partial charge in [0.1, 0.15) is 0 Å². The number of piperidine rings is 1. The summed E-state index contributed by atoms with van der Waals surface area (Å²) in [5, 5.41) is 0. The van der Waals surface area contributed by atoms with Crippen molar-refractivity contribution in [1.82, 2.24) is 4.90 Å². The van der Waals surface area contributed by atoms with E-state index >= 15 is 0 Å². The first-order valence-corrected chi connectivity index (χ1v) is 10.7. The molecule has 4 atom stereocenters. The van der Waals surface area contributed by atoms with E-state index in [1.807, 2.05) is 0 Å². The van der Waals surface area contributed by atoms with Crippen LogP contribution in [0.3, 0.4) is 0 Å². The topological polar surface area (TPSA) is 12.5 Å². The Balaban J connectivity index is 1.66. The van der Waals surface area contributed by atoms with E-state index in [9.17, 15) is 0 Å². The van der Waals surface area contributed by atoms with Crippen LogP contribution >= 0.6 is 0 Å². The van der Waals surface area contributed by atoms with Crippen LogP contribution in [-0.2, 0) is 4.74 Å².